The zero-order valence-electron chi connectivity index (χ0n) is 83.4. The van der Waals surface area contributed by atoms with E-state index in [-0.39, 0.29) is 78.3 Å². The van der Waals surface area contributed by atoms with E-state index in [2.05, 4.69) is 18.2 Å². The van der Waals surface area contributed by atoms with Gasteiger partial charge in [-0.25, -0.2) is 43.9 Å². The fourth-order valence-corrected chi connectivity index (χ4v) is 23.9. The van der Waals surface area contributed by atoms with Gasteiger partial charge in [0, 0.05) is 224 Å². The summed E-state index contributed by atoms with van der Waals surface area (Å²) in [6.45, 7) is 0. The minimum absolute atomic E-state index is 0.147. The average Bonchev–Trinajstić information content (AvgIpc) is 0.918. The molecule has 0 fully saturated rings. The van der Waals surface area contributed by atoms with Gasteiger partial charge in [-0.3, -0.25) is 0 Å². The second-order valence-electron chi connectivity index (χ2n) is 31.2. The van der Waals surface area contributed by atoms with Crippen LogP contribution in [0.1, 0.15) is 33.4 Å². The molecule has 0 heterocycles. The molecule has 0 amide bonds. The quantitative estimate of drug-likeness (QED) is 0.115. The summed E-state index contributed by atoms with van der Waals surface area (Å²) in [5.74, 6) is -2.46. The number of hydrogen-bond acceptors (Lipinski definition) is 0. The molecule has 0 aliphatic rings. The molecule has 0 atom stereocenters. The van der Waals surface area contributed by atoms with Gasteiger partial charge in [0.05, 0.1) is 40.2 Å². The molecule has 792 valence electrons. The number of rotatable bonds is 6. The molecule has 0 bridgehead atoms. The first-order valence-corrected chi connectivity index (χ1v) is 71.1. The molecule has 0 unspecified atom stereocenters. The van der Waals surface area contributed by atoms with E-state index in [1.54, 1.807) is 97.1 Å². The van der Waals surface area contributed by atoms with Crippen LogP contribution in [0.5, 0.6) is 0 Å². The minimum Gasteiger partial charge on any atom is -0.207 e. The van der Waals surface area contributed by atoms with Crippen molar-refractivity contribution in [3.05, 3.63) is 495 Å². The van der Waals surface area contributed by atoms with Crippen LogP contribution in [0, 0.1) is 58.2 Å². The first-order chi connectivity index (χ1) is 69.6. The molecule has 0 spiro atoms. The van der Waals surface area contributed by atoms with Gasteiger partial charge in [0.15, 0.2) is 0 Å². The van der Waals surface area contributed by atoms with E-state index in [9.17, 15) is 43.9 Å². The highest BCUT2D eigenvalue weighted by Gasteiger charge is 2.08. The Morgan fingerprint density at radius 1 is 0.176 bits per heavy atom. The third kappa shape index (κ3) is 61.7. The molecule has 46 heteroatoms. The van der Waals surface area contributed by atoms with Gasteiger partial charge in [-0.2, -0.15) is 0 Å². The first kappa shape index (κ1) is 142. The summed E-state index contributed by atoms with van der Waals surface area (Å²) in [5, 5.41) is 20.7. The largest absolute Gasteiger partial charge is 0.207 e. The topological polar surface area (TPSA) is 0 Å². The Balaban J connectivity index is 0.000000789. The second-order valence-corrected chi connectivity index (χ2v) is 54.7. The summed E-state index contributed by atoms with van der Waals surface area (Å²) in [7, 11) is 14.9. The molecule has 0 saturated carbocycles. The average molecular weight is 2680 g/mol. The molecule has 0 aromatic heterocycles. The van der Waals surface area contributed by atoms with Crippen LogP contribution in [0.3, 0.4) is 0 Å². The molecule has 0 aliphatic heterocycles. The van der Waals surface area contributed by atoms with Crippen LogP contribution in [0.2, 0.25) is 100 Å². The van der Waals surface area contributed by atoms with Gasteiger partial charge in [-0.1, -0.05) is 367 Å². The Morgan fingerprint density at radius 2 is 0.635 bits per heavy atom. The zero-order chi connectivity index (χ0) is 112. The Bertz CT molecular complexity index is 6100. The van der Waals surface area contributed by atoms with Crippen LogP contribution in [0.4, 0.5) is 43.9 Å². The van der Waals surface area contributed by atoms with E-state index in [0.717, 1.165) is 214 Å². The molecular weight excluding hydrogens is 2570 g/mol. The van der Waals surface area contributed by atoms with Crippen molar-refractivity contribution in [2.45, 2.75) is 36.3 Å². The van der Waals surface area contributed by atoms with Crippen molar-refractivity contribution in [2.75, 3.05) is 0 Å². The summed E-state index contributed by atoms with van der Waals surface area (Å²) in [4.78, 5) is 0. The molecule has 0 saturated heterocycles. The fourth-order valence-electron chi connectivity index (χ4n) is 10.8. The SMILES string of the molecule is Fc1c([SiH3])cccc1Cl.Fc1cc(Cl)ccc1[SiH3].Fc1cc([SiH3])cc(Cl)c1.Fc1cc([SiH3])ccc1Cl.Fc1ccc(Cl)c([SiH3])c1.Fc1ccc(Cl)cc1[SiH3].Fc1ccc([SiH3])c(Cl)c1.Fc1ccc([SiH3])cc1Cl.Fc1cccc(Cl)c1[SiH3].Fc1cccc([SiH3])c1Cl.[SiH3]Cc1c(Cl)cccc1Cl.[SiH3]Cc1cc(Cl)ccc1Cl.[SiH3]Cc1ccc(Cl)c(Cl)c1.[SiH3]Cc1ccc(Cl)cc1.[SiH3]Cc1cccc(Cl)c1.[SiH3]Cc1cccc(Cl)c1Cl. The van der Waals surface area contributed by atoms with Crippen LogP contribution in [0.25, 0.3) is 0 Å². The molecule has 0 radical (unpaired) electrons. The van der Waals surface area contributed by atoms with Crippen LogP contribution in [-0.2, 0) is 36.3 Å². The zero-order valence-corrected chi connectivity index (χ0v) is 131. The van der Waals surface area contributed by atoms with Crippen molar-refractivity contribution in [1.82, 2.24) is 0 Å². The van der Waals surface area contributed by atoms with Crippen molar-refractivity contribution in [2.24, 2.45) is 0 Å². The molecule has 16 aromatic rings. The highest BCUT2D eigenvalue weighted by atomic mass is 35.5. The van der Waals surface area contributed by atoms with E-state index >= 15 is 0 Å². The smallest absolute Gasteiger partial charge is 0.141 e. The molecule has 16 rings (SSSR count). The molecule has 148 heavy (non-hydrogen) atoms. The molecule has 0 nitrogen and oxygen atoms in total. The summed E-state index contributed by atoms with van der Waals surface area (Å²) in [6, 6.07) is 92.7. The standard InChI is InChI=1S/4C7H8Cl2Si.2C7H9ClSi.10C6H6ClFSi/c8-6-1-2-7(9)5(3-6)4-10;8-6-2-1-5(4-10)3-7(6)9;8-6-2-1-3-7(9)5(6)4-10;8-6-3-1-2-5(4-10)7(6)9;8-7-3-1-6(5-9)2-4-7;8-7-3-1-2-6(4-7)5-9;7-4-1-5(8)3-6(9)2-4;7-5-3-4(9)1-2-6(5)8;7-5-3-4(8)1-2-6(5)9;7-4-1-2-6(9)5(8)3-4;7-5-2-1-4(9)3-6(5)8;7-5-2-1-4(8)3-6(5)9;7-4-1-2-5(8)6(9)3-4;7-6-4(8)2-1-3-5(6)9;7-4-2-1-3-5(9)6(4)8;7-4-2-1-3-5(8)6(4)9/h4*1-3H,4H2,10H3;2*1-4H,5H2,9H3;10*1-3H,9H3. The van der Waals surface area contributed by atoms with Crippen LogP contribution >= 0.6 is 232 Å². The number of halogens is 30. The van der Waals surface area contributed by atoms with Crippen LogP contribution in [0.15, 0.2) is 303 Å². The van der Waals surface area contributed by atoms with Crippen LogP contribution in [-0.4, -0.2) is 164 Å². The predicted octanol–water partition coefficient (Wildman–Crippen LogP) is 14.5. The van der Waals surface area contributed by atoms with Gasteiger partial charge in [0.2, 0.25) is 0 Å². The lowest BCUT2D eigenvalue weighted by Crippen LogP contribution is -2.08. The van der Waals surface area contributed by atoms with Gasteiger partial charge in [-0.15, -0.1) is 0 Å². The minimum atomic E-state index is -0.337. The summed E-state index contributed by atoms with van der Waals surface area (Å²) in [6.07, 6.45) is 0. The summed E-state index contributed by atoms with van der Waals surface area (Å²) in [5.41, 5.74) is 7.46. The monoisotopic (exact) mass is 2670 g/mol. The molecule has 16 aromatic carbocycles. The van der Waals surface area contributed by atoms with E-state index in [0.29, 0.717) is 81.1 Å². The second kappa shape index (κ2) is 79.9. The van der Waals surface area contributed by atoms with Crippen molar-refractivity contribution in [3.8, 4) is 0 Å². The molecule has 0 aliphatic carbocycles. The number of benzene rings is 16. The van der Waals surface area contributed by atoms with Gasteiger partial charge in [0.25, 0.3) is 0 Å². The highest BCUT2D eigenvalue weighted by molar-refractivity contribution is 6.49. The summed E-state index contributed by atoms with van der Waals surface area (Å²) >= 11 is 113. The van der Waals surface area contributed by atoms with Gasteiger partial charge in [-0.05, 0) is 290 Å². The van der Waals surface area contributed by atoms with Gasteiger partial charge in [0.1, 0.15) is 58.2 Å². The lowest BCUT2D eigenvalue weighted by Gasteiger charge is -2.01. The van der Waals surface area contributed by atoms with E-state index in [4.69, 9.17) is 232 Å². The Hall–Kier alpha value is -3.91. The van der Waals surface area contributed by atoms with E-state index in [1.165, 1.54) is 143 Å². The van der Waals surface area contributed by atoms with Crippen LogP contribution < -0.4 is 51.9 Å². The third-order valence-corrected chi connectivity index (χ3v) is 39.7. The lowest BCUT2D eigenvalue weighted by molar-refractivity contribution is 0.628. The van der Waals surface area contributed by atoms with Crippen molar-refractivity contribution >= 4 is 448 Å². The van der Waals surface area contributed by atoms with E-state index < -0.39 is 0 Å². The Morgan fingerprint density at radius 3 is 1.08 bits per heavy atom. The first-order valence-electron chi connectivity index (χ1n) is 45.0. The maximum Gasteiger partial charge on any atom is 0.141 e. The maximum absolute atomic E-state index is 12.6. The molecule has 0 N–H and O–H groups in total. The van der Waals surface area contributed by atoms with Crippen molar-refractivity contribution < 1.29 is 43.9 Å². The number of hydrogen-bond donors (Lipinski definition) is 0. The lowest BCUT2D eigenvalue weighted by atomic mass is 10.2. The third-order valence-electron chi connectivity index (χ3n) is 19.4. The summed E-state index contributed by atoms with van der Waals surface area (Å²) < 4.78 is 124. The predicted molar refractivity (Wildman–Crippen MR) is 700 cm³/mol. The van der Waals surface area contributed by atoms with Gasteiger partial charge < -0.3 is 0 Å². The van der Waals surface area contributed by atoms with Crippen molar-refractivity contribution in [3.63, 3.8) is 0 Å². The van der Waals surface area contributed by atoms with Gasteiger partial charge >= 0.3 is 0 Å². The normalized spacial score (nSPS) is 10.0. The Labute approximate surface area is 1010 Å². The Kier molecular flexibility index (Phi) is 76.8. The maximum atomic E-state index is 12.6. The van der Waals surface area contributed by atoms with E-state index in [1.807, 2.05) is 115 Å². The fraction of sp³-hybridized carbons (Fsp3) is 0.0588. The van der Waals surface area contributed by atoms with Crippen molar-refractivity contribution in [1.29, 1.82) is 0 Å². The highest BCUT2D eigenvalue weighted by Crippen LogP contribution is 2.28. The molecular formula is C102H110Cl20F10Si16.